The number of carbonyl (C=O) groups excluding carboxylic acids is 2. The minimum Gasteiger partial charge on any atom is -0.316 e. The van der Waals surface area contributed by atoms with Gasteiger partial charge in [-0.3, -0.25) is 14.5 Å². The van der Waals surface area contributed by atoms with Gasteiger partial charge < -0.3 is 5.32 Å². The molecule has 0 bridgehead atoms. The molecule has 2 rings (SSSR count). The van der Waals surface area contributed by atoms with Gasteiger partial charge in [-0.15, -0.1) is 0 Å². The van der Waals surface area contributed by atoms with Gasteiger partial charge in [0.15, 0.2) is 0 Å². The average molecular weight is 182 g/mol. The number of nitrogens with one attached hydrogen (secondary N) is 1. The standard InChI is InChI=1S/C9H14N2O2/c1-2-11-7(12)5-9(8(11)13)3-4-10-6-9/h10H,2-6H2,1H3. The maximum absolute atomic E-state index is 11.8. The van der Waals surface area contributed by atoms with E-state index in [-0.39, 0.29) is 17.2 Å². The van der Waals surface area contributed by atoms with Crippen LogP contribution in [0.15, 0.2) is 0 Å². The molecule has 2 heterocycles. The maximum Gasteiger partial charge on any atom is 0.237 e. The molecule has 2 amide bonds. The van der Waals surface area contributed by atoms with Gasteiger partial charge in [-0.1, -0.05) is 0 Å². The van der Waals surface area contributed by atoms with E-state index in [0.717, 1.165) is 13.0 Å². The highest BCUT2D eigenvalue weighted by Gasteiger charge is 2.52. The molecule has 0 saturated carbocycles. The van der Waals surface area contributed by atoms with E-state index in [1.54, 1.807) is 0 Å². The Labute approximate surface area is 77.3 Å². The van der Waals surface area contributed by atoms with Crippen LogP contribution in [-0.4, -0.2) is 36.3 Å². The van der Waals surface area contributed by atoms with Gasteiger partial charge in [-0.25, -0.2) is 0 Å². The van der Waals surface area contributed by atoms with Crippen molar-refractivity contribution in [2.75, 3.05) is 19.6 Å². The smallest absolute Gasteiger partial charge is 0.237 e. The molecule has 2 aliphatic rings. The zero-order valence-corrected chi connectivity index (χ0v) is 7.80. The molecule has 2 aliphatic heterocycles. The van der Waals surface area contributed by atoms with E-state index in [4.69, 9.17) is 0 Å². The van der Waals surface area contributed by atoms with E-state index in [2.05, 4.69) is 5.32 Å². The van der Waals surface area contributed by atoms with Crippen molar-refractivity contribution in [3.8, 4) is 0 Å². The Morgan fingerprint density at radius 2 is 2.31 bits per heavy atom. The number of imide groups is 1. The highest BCUT2D eigenvalue weighted by Crippen LogP contribution is 2.37. The van der Waals surface area contributed by atoms with E-state index in [9.17, 15) is 9.59 Å². The monoisotopic (exact) mass is 182 g/mol. The summed E-state index contributed by atoms with van der Waals surface area (Å²) in [6.07, 6.45) is 1.22. The maximum atomic E-state index is 11.8. The Hall–Kier alpha value is -0.900. The Kier molecular flexibility index (Phi) is 1.87. The van der Waals surface area contributed by atoms with E-state index in [0.29, 0.717) is 19.5 Å². The molecule has 0 aromatic rings. The predicted molar refractivity (Wildman–Crippen MR) is 46.9 cm³/mol. The molecule has 2 fully saturated rings. The lowest BCUT2D eigenvalue weighted by molar-refractivity contribution is -0.140. The first-order valence-corrected chi connectivity index (χ1v) is 4.75. The van der Waals surface area contributed by atoms with E-state index < -0.39 is 0 Å². The number of nitrogens with zero attached hydrogens (tertiary/aromatic N) is 1. The van der Waals surface area contributed by atoms with Crippen molar-refractivity contribution in [1.82, 2.24) is 10.2 Å². The number of likely N-dealkylation sites (tertiary alicyclic amines) is 1. The highest BCUT2D eigenvalue weighted by molar-refractivity contribution is 6.06. The van der Waals surface area contributed by atoms with Gasteiger partial charge in [0.2, 0.25) is 11.8 Å². The van der Waals surface area contributed by atoms with Crippen LogP contribution in [0.2, 0.25) is 0 Å². The van der Waals surface area contributed by atoms with Crippen molar-refractivity contribution in [2.24, 2.45) is 5.41 Å². The number of hydrogen-bond donors (Lipinski definition) is 1. The summed E-state index contributed by atoms with van der Waals surface area (Å²) < 4.78 is 0. The molecule has 0 aromatic heterocycles. The van der Waals surface area contributed by atoms with Gasteiger partial charge in [0.05, 0.1) is 5.41 Å². The third-order valence-electron chi connectivity index (χ3n) is 3.05. The van der Waals surface area contributed by atoms with Gasteiger partial charge in [0.25, 0.3) is 0 Å². The Bertz CT molecular complexity index is 256. The topological polar surface area (TPSA) is 49.4 Å². The summed E-state index contributed by atoms with van der Waals surface area (Å²) in [6, 6.07) is 0. The molecule has 0 aromatic carbocycles. The third kappa shape index (κ3) is 1.09. The van der Waals surface area contributed by atoms with Gasteiger partial charge in [0.1, 0.15) is 0 Å². The molecule has 0 radical (unpaired) electrons. The molecule has 1 unspecified atom stereocenters. The molecule has 1 atom stereocenters. The van der Waals surface area contributed by atoms with Crippen LogP contribution in [0.1, 0.15) is 19.8 Å². The van der Waals surface area contributed by atoms with Crippen molar-refractivity contribution in [3.63, 3.8) is 0 Å². The first kappa shape index (κ1) is 8.69. The van der Waals surface area contributed by atoms with Crippen LogP contribution >= 0.6 is 0 Å². The molecule has 0 aliphatic carbocycles. The summed E-state index contributed by atoms with van der Waals surface area (Å²) in [5.41, 5.74) is -0.382. The summed E-state index contributed by atoms with van der Waals surface area (Å²) in [4.78, 5) is 24.7. The molecular formula is C9H14N2O2. The number of carbonyl (C=O) groups is 2. The second-order valence-corrected chi connectivity index (χ2v) is 3.83. The van der Waals surface area contributed by atoms with Crippen molar-refractivity contribution < 1.29 is 9.59 Å². The Balaban J connectivity index is 2.25. The van der Waals surface area contributed by atoms with Crippen LogP contribution in [-0.2, 0) is 9.59 Å². The summed E-state index contributed by atoms with van der Waals surface area (Å²) in [5, 5.41) is 3.15. The fourth-order valence-corrected chi connectivity index (χ4v) is 2.26. The SMILES string of the molecule is CCN1C(=O)CC2(CCNC2)C1=O. The van der Waals surface area contributed by atoms with Crippen LogP contribution in [0.3, 0.4) is 0 Å². The second-order valence-electron chi connectivity index (χ2n) is 3.83. The van der Waals surface area contributed by atoms with Crippen LogP contribution in [0, 0.1) is 5.41 Å². The van der Waals surface area contributed by atoms with Gasteiger partial charge in [-0.05, 0) is 19.9 Å². The summed E-state index contributed by atoms with van der Waals surface area (Å²) in [5.74, 6) is 0.0289. The number of amides is 2. The third-order valence-corrected chi connectivity index (χ3v) is 3.05. The minimum atomic E-state index is -0.382. The molecule has 4 heteroatoms. The van der Waals surface area contributed by atoms with Crippen molar-refractivity contribution in [3.05, 3.63) is 0 Å². The lowest BCUT2D eigenvalue weighted by Gasteiger charge is -2.18. The largest absolute Gasteiger partial charge is 0.316 e. The number of rotatable bonds is 1. The van der Waals surface area contributed by atoms with Crippen molar-refractivity contribution >= 4 is 11.8 Å². The predicted octanol–water partition coefficient (Wildman–Crippen LogP) is -0.255. The van der Waals surface area contributed by atoms with Crippen molar-refractivity contribution in [1.29, 1.82) is 0 Å². The van der Waals surface area contributed by atoms with Crippen LogP contribution < -0.4 is 5.32 Å². The molecule has 1 spiro atoms. The fourth-order valence-electron chi connectivity index (χ4n) is 2.26. The fraction of sp³-hybridized carbons (Fsp3) is 0.778. The lowest BCUT2D eigenvalue weighted by atomic mass is 9.85. The van der Waals surface area contributed by atoms with E-state index in [1.165, 1.54) is 4.90 Å². The summed E-state index contributed by atoms with van der Waals surface area (Å²) >= 11 is 0. The van der Waals surface area contributed by atoms with Crippen LogP contribution in [0.25, 0.3) is 0 Å². The second kappa shape index (κ2) is 2.80. The Morgan fingerprint density at radius 1 is 1.54 bits per heavy atom. The van der Waals surface area contributed by atoms with Gasteiger partial charge in [-0.2, -0.15) is 0 Å². The van der Waals surface area contributed by atoms with Gasteiger partial charge in [0, 0.05) is 19.5 Å². The Morgan fingerprint density at radius 3 is 2.77 bits per heavy atom. The minimum absolute atomic E-state index is 0.00352. The molecule has 1 N–H and O–H groups in total. The summed E-state index contributed by atoms with van der Waals surface area (Å²) in [7, 11) is 0. The lowest BCUT2D eigenvalue weighted by Crippen LogP contribution is -2.36. The average Bonchev–Trinajstić information content (AvgIpc) is 2.62. The van der Waals surface area contributed by atoms with Crippen LogP contribution in [0.5, 0.6) is 0 Å². The normalized spacial score (nSPS) is 33.8. The molecule has 72 valence electrons. The zero-order valence-electron chi connectivity index (χ0n) is 7.80. The van der Waals surface area contributed by atoms with Gasteiger partial charge >= 0.3 is 0 Å². The molecule has 13 heavy (non-hydrogen) atoms. The van der Waals surface area contributed by atoms with E-state index >= 15 is 0 Å². The first-order chi connectivity index (χ1) is 6.19. The number of hydrogen-bond acceptors (Lipinski definition) is 3. The first-order valence-electron chi connectivity index (χ1n) is 4.75. The molecular weight excluding hydrogens is 168 g/mol. The zero-order chi connectivity index (χ0) is 9.47. The van der Waals surface area contributed by atoms with E-state index in [1.807, 2.05) is 6.92 Å². The molecule has 4 nitrogen and oxygen atoms in total. The highest BCUT2D eigenvalue weighted by atomic mass is 16.2. The van der Waals surface area contributed by atoms with Crippen molar-refractivity contribution in [2.45, 2.75) is 19.8 Å². The summed E-state index contributed by atoms with van der Waals surface area (Å²) in [6.45, 7) is 3.89. The van der Waals surface area contributed by atoms with Crippen LogP contribution in [0.4, 0.5) is 0 Å². The quantitative estimate of drug-likeness (QED) is 0.569. The molecule has 2 saturated heterocycles.